The molecule has 1 aliphatic rings. The van der Waals surface area contributed by atoms with Crippen molar-refractivity contribution in [2.45, 2.75) is 25.2 Å². The van der Waals surface area contributed by atoms with Crippen molar-refractivity contribution >= 4 is 11.7 Å². The zero-order chi connectivity index (χ0) is 16.5. The Morgan fingerprint density at radius 3 is 2.71 bits per heavy atom. The van der Waals surface area contributed by atoms with Crippen LogP contribution in [0.5, 0.6) is 0 Å². The van der Waals surface area contributed by atoms with E-state index in [2.05, 4.69) is 25.7 Å². The van der Waals surface area contributed by atoms with Gasteiger partial charge in [0.15, 0.2) is 5.82 Å². The molecule has 8 nitrogen and oxygen atoms in total. The smallest absolute Gasteiger partial charge is 0.309 e. The minimum atomic E-state index is -0.300. The van der Waals surface area contributed by atoms with E-state index >= 15 is 0 Å². The molecule has 1 fully saturated rings. The highest BCUT2D eigenvalue weighted by Gasteiger charge is 2.25. The number of anilines is 1. The van der Waals surface area contributed by atoms with Gasteiger partial charge in [-0.2, -0.15) is 10.2 Å². The number of amides is 1. The number of carbonyl (C=O) groups is 1. The molecule has 1 aromatic carbocycles. The van der Waals surface area contributed by atoms with E-state index in [1.54, 1.807) is 12.1 Å². The Bertz CT molecular complexity index is 916. The van der Waals surface area contributed by atoms with E-state index in [1.165, 1.54) is 23.7 Å². The number of aromatic nitrogens is 5. The number of carbonyl (C=O) groups excluding carboxylic acids is 1. The van der Waals surface area contributed by atoms with Crippen LogP contribution in [0.25, 0.3) is 5.69 Å². The van der Waals surface area contributed by atoms with Gasteiger partial charge in [-0.15, -0.1) is 0 Å². The van der Waals surface area contributed by atoms with Gasteiger partial charge >= 0.3 is 5.69 Å². The van der Waals surface area contributed by atoms with E-state index in [4.69, 9.17) is 0 Å². The van der Waals surface area contributed by atoms with Crippen LogP contribution in [0.4, 0.5) is 5.82 Å². The minimum Gasteiger partial charge on any atom is -0.309 e. The molecule has 0 atom stereocenters. The average Bonchev–Trinajstić information content (AvgIpc) is 3.18. The zero-order valence-corrected chi connectivity index (χ0v) is 12.8. The maximum Gasteiger partial charge on any atom is 0.347 e. The van der Waals surface area contributed by atoms with Gasteiger partial charge in [-0.3, -0.25) is 9.89 Å². The number of aromatic amines is 2. The molecule has 1 amide bonds. The summed E-state index contributed by atoms with van der Waals surface area (Å²) in [4.78, 5) is 23.6. The van der Waals surface area contributed by atoms with Crippen molar-refractivity contribution in [3.05, 3.63) is 58.4 Å². The highest BCUT2D eigenvalue weighted by atomic mass is 16.2. The molecular weight excluding hydrogens is 308 g/mol. The van der Waals surface area contributed by atoms with Crippen LogP contribution in [0.3, 0.4) is 0 Å². The van der Waals surface area contributed by atoms with Crippen molar-refractivity contribution in [1.82, 2.24) is 25.0 Å². The fraction of sp³-hybridized carbons (Fsp3) is 0.250. The third kappa shape index (κ3) is 2.98. The second-order valence-electron chi connectivity index (χ2n) is 5.91. The Morgan fingerprint density at radius 1 is 1.25 bits per heavy atom. The van der Waals surface area contributed by atoms with Crippen molar-refractivity contribution in [3.63, 3.8) is 0 Å². The van der Waals surface area contributed by atoms with Crippen LogP contribution in [0.15, 0.2) is 41.5 Å². The highest BCUT2D eigenvalue weighted by Crippen LogP contribution is 2.39. The molecule has 0 aliphatic heterocycles. The van der Waals surface area contributed by atoms with Gasteiger partial charge in [0.1, 0.15) is 6.33 Å². The molecule has 0 bridgehead atoms. The van der Waals surface area contributed by atoms with Crippen LogP contribution >= 0.6 is 0 Å². The summed E-state index contributed by atoms with van der Waals surface area (Å²) >= 11 is 0. The Hall–Kier alpha value is -3.16. The van der Waals surface area contributed by atoms with Gasteiger partial charge in [-0.1, -0.05) is 12.1 Å². The SMILES string of the molecule is O=C(Cc1ccc(-n2cn[nH]c2=O)cc1)Nc1cc(C2CC2)[nH]n1. The summed E-state index contributed by atoms with van der Waals surface area (Å²) in [7, 11) is 0. The lowest BCUT2D eigenvalue weighted by atomic mass is 10.1. The molecule has 3 N–H and O–H groups in total. The monoisotopic (exact) mass is 324 g/mol. The molecule has 0 spiro atoms. The topological polar surface area (TPSA) is 108 Å². The summed E-state index contributed by atoms with van der Waals surface area (Å²) in [6, 6.07) is 9.07. The summed E-state index contributed by atoms with van der Waals surface area (Å²) in [6.07, 6.45) is 4.02. The van der Waals surface area contributed by atoms with Gasteiger partial charge in [0.25, 0.3) is 0 Å². The Balaban J connectivity index is 1.40. The van der Waals surface area contributed by atoms with Gasteiger partial charge in [0, 0.05) is 17.7 Å². The maximum absolute atomic E-state index is 12.1. The van der Waals surface area contributed by atoms with E-state index < -0.39 is 0 Å². The van der Waals surface area contributed by atoms with Crippen LogP contribution in [0, 0.1) is 0 Å². The number of nitrogens with one attached hydrogen (secondary N) is 3. The molecule has 3 aromatic rings. The molecule has 2 heterocycles. The molecule has 1 aliphatic carbocycles. The maximum atomic E-state index is 12.1. The Kier molecular flexibility index (Phi) is 3.49. The molecule has 1 saturated carbocycles. The molecule has 2 aromatic heterocycles. The Morgan fingerprint density at radius 2 is 2.04 bits per heavy atom. The highest BCUT2D eigenvalue weighted by molar-refractivity contribution is 5.91. The molecular formula is C16H16N6O2. The Labute approximate surface area is 136 Å². The normalized spacial score (nSPS) is 13.8. The van der Waals surface area contributed by atoms with Crippen LogP contribution in [0.2, 0.25) is 0 Å². The second-order valence-corrected chi connectivity index (χ2v) is 5.91. The third-order valence-electron chi connectivity index (χ3n) is 4.01. The van der Waals surface area contributed by atoms with Gasteiger partial charge in [0.05, 0.1) is 12.1 Å². The van der Waals surface area contributed by atoms with Crippen LogP contribution < -0.4 is 11.0 Å². The predicted molar refractivity (Wildman–Crippen MR) is 87.1 cm³/mol. The fourth-order valence-electron chi connectivity index (χ4n) is 2.58. The van der Waals surface area contributed by atoms with E-state index in [0.29, 0.717) is 17.4 Å². The molecule has 0 radical (unpaired) electrons. The lowest BCUT2D eigenvalue weighted by Crippen LogP contribution is -2.15. The molecule has 0 unspecified atom stereocenters. The van der Waals surface area contributed by atoms with Crippen molar-refractivity contribution in [3.8, 4) is 5.69 Å². The van der Waals surface area contributed by atoms with Crippen LogP contribution in [-0.4, -0.2) is 30.9 Å². The zero-order valence-electron chi connectivity index (χ0n) is 12.8. The number of nitrogens with zero attached hydrogens (tertiary/aromatic N) is 3. The van der Waals surface area contributed by atoms with Crippen molar-refractivity contribution in [1.29, 1.82) is 0 Å². The fourth-order valence-corrected chi connectivity index (χ4v) is 2.58. The summed E-state index contributed by atoms with van der Waals surface area (Å²) in [5, 5.41) is 15.9. The van der Waals surface area contributed by atoms with E-state index in [1.807, 2.05) is 18.2 Å². The first-order chi connectivity index (χ1) is 11.7. The van der Waals surface area contributed by atoms with Crippen molar-refractivity contribution in [2.75, 3.05) is 5.32 Å². The second kappa shape index (κ2) is 5.80. The van der Waals surface area contributed by atoms with E-state index in [0.717, 1.165) is 11.3 Å². The van der Waals surface area contributed by atoms with Gasteiger partial charge < -0.3 is 5.32 Å². The van der Waals surface area contributed by atoms with Gasteiger partial charge in [-0.05, 0) is 30.5 Å². The number of H-pyrrole nitrogens is 2. The first kappa shape index (κ1) is 14.4. The van der Waals surface area contributed by atoms with E-state index in [-0.39, 0.29) is 18.0 Å². The number of benzene rings is 1. The molecule has 24 heavy (non-hydrogen) atoms. The minimum absolute atomic E-state index is 0.128. The quantitative estimate of drug-likeness (QED) is 0.658. The molecule has 122 valence electrons. The van der Waals surface area contributed by atoms with Crippen molar-refractivity contribution < 1.29 is 4.79 Å². The summed E-state index contributed by atoms with van der Waals surface area (Å²) in [5.41, 5.74) is 2.33. The third-order valence-corrected chi connectivity index (χ3v) is 4.01. The van der Waals surface area contributed by atoms with E-state index in [9.17, 15) is 9.59 Å². The summed E-state index contributed by atoms with van der Waals surface area (Å²) < 4.78 is 1.40. The van der Waals surface area contributed by atoms with Gasteiger partial charge in [-0.25, -0.2) is 14.5 Å². The summed E-state index contributed by atoms with van der Waals surface area (Å²) in [5.74, 6) is 1.00. The van der Waals surface area contributed by atoms with Gasteiger partial charge in [0.2, 0.25) is 5.91 Å². The molecule has 8 heteroatoms. The first-order valence-electron chi connectivity index (χ1n) is 7.75. The summed E-state index contributed by atoms with van der Waals surface area (Å²) in [6.45, 7) is 0. The standard InChI is InChI=1S/C16H16N6O2/c23-15(18-14-8-13(19-20-14)11-3-4-11)7-10-1-5-12(6-2-10)22-9-17-21-16(22)24/h1-2,5-6,8-9,11H,3-4,7H2,(H,21,24)(H2,18,19,20,23). The number of rotatable bonds is 5. The molecule has 0 saturated heterocycles. The largest absolute Gasteiger partial charge is 0.347 e. The van der Waals surface area contributed by atoms with Crippen molar-refractivity contribution in [2.24, 2.45) is 0 Å². The molecule has 4 rings (SSSR count). The van der Waals surface area contributed by atoms with Crippen LogP contribution in [0.1, 0.15) is 30.0 Å². The average molecular weight is 324 g/mol. The number of hydrogen-bond acceptors (Lipinski definition) is 4. The van der Waals surface area contributed by atoms with Crippen LogP contribution in [-0.2, 0) is 11.2 Å². The predicted octanol–water partition coefficient (Wildman–Crippen LogP) is 1.34. The lowest BCUT2D eigenvalue weighted by molar-refractivity contribution is -0.115. The lowest BCUT2D eigenvalue weighted by Gasteiger charge is -2.04. The first-order valence-corrected chi connectivity index (χ1v) is 7.75. The number of hydrogen-bond donors (Lipinski definition) is 3.